The summed E-state index contributed by atoms with van der Waals surface area (Å²) in [6.45, 7) is 4.66. The number of hydrogen-bond donors (Lipinski definition) is 1. The van der Waals surface area contributed by atoms with Gasteiger partial charge in [-0.2, -0.15) is 4.31 Å². The Morgan fingerprint density at radius 2 is 1.97 bits per heavy atom. The van der Waals surface area contributed by atoms with E-state index in [9.17, 15) is 13.2 Å². The molecule has 0 bridgehead atoms. The van der Waals surface area contributed by atoms with E-state index >= 15 is 0 Å². The molecule has 152 valence electrons. The van der Waals surface area contributed by atoms with Crippen molar-refractivity contribution in [2.45, 2.75) is 31.6 Å². The molecule has 1 aliphatic rings. The van der Waals surface area contributed by atoms with Crippen LogP contribution in [0.25, 0.3) is 10.2 Å². The number of anilines is 1. The lowest BCUT2D eigenvalue weighted by atomic mass is 9.99. The summed E-state index contributed by atoms with van der Waals surface area (Å²) < 4.78 is 28.2. The zero-order valence-corrected chi connectivity index (χ0v) is 18.0. The minimum absolute atomic E-state index is 0.175. The molecule has 1 unspecified atom stereocenters. The summed E-state index contributed by atoms with van der Waals surface area (Å²) in [4.78, 5) is 17.7. The van der Waals surface area contributed by atoms with Gasteiger partial charge in [0.25, 0.3) is 0 Å². The Labute approximate surface area is 174 Å². The number of amides is 1. The smallest absolute Gasteiger partial charge is 0.243 e. The van der Waals surface area contributed by atoms with Crippen molar-refractivity contribution in [3.05, 3.63) is 53.6 Å². The van der Waals surface area contributed by atoms with Crippen LogP contribution in [-0.4, -0.2) is 36.7 Å². The molecule has 2 aromatic carbocycles. The van der Waals surface area contributed by atoms with Crippen LogP contribution in [0.5, 0.6) is 0 Å². The molecule has 1 atom stereocenters. The number of nitrogens with one attached hydrogen (secondary N) is 1. The van der Waals surface area contributed by atoms with E-state index in [1.54, 1.807) is 30.3 Å². The second kappa shape index (κ2) is 7.85. The topological polar surface area (TPSA) is 79.4 Å². The number of fused-ring (bicyclic) bond motifs is 1. The second-order valence-corrected chi connectivity index (χ2v) is 10.4. The quantitative estimate of drug-likeness (QED) is 0.681. The van der Waals surface area contributed by atoms with Crippen LogP contribution in [0.1, 0.15) is 24.0 Å². The van der Waals surface area contributed by atoms with Crippen molar-refractivity contribution in [3.63, 3.8) is 0 Å². The van der Waals surface area contributed by atoms with Gasteiger partial charge in [-0.3, -0.25) is 4.79 Å². The molecule has 2 heterocycles. The lowest BCUT2D eigenvalue weighted by Gasteiger charge is -2.31. The van der Waals surface area contributed by atoms with Gasteiger partial charge < -0.3 is 5.32 Å². The fourth-order valence-electron chi connectivity index (χ4n) is 3.75. The molecule has 29 heavy (non-hydrogen) atoms. The van der Waals surface area contributed by atoms with Gasteiger partial charge in [0.05, 0.1) is 21.0 Å². The number of nitrogens with zero attached hydrogens (tertiary/aromatic N) is 2. The monoisotopic (exact) mass is 429 g/mol. The molecule has 0 aliphatic carbocycles. The summed E-state index contributed by atoms with van der Waals surface area (Å²) in [6, 6.07) is 12.5. The zero-order valence-electron chi connectivity index (χ0n) is 16.4. The minimum Gasteiger partial charge on any atom is -0.302 e. The summed E-state index contributed by atoms with van der Waals surface area (Å²) in [6.07, 6.45) is 1.32. The summed E-state index contributed by atoms with van der Waals surface area (Å²) in [5, 5.41) is 3.46. The van der Waals surface area contributed by atoms with E-state index in [0.29, 0.717) is 24.5 Å². The maximum absolute atomic E-state index is 12.9. The van der Waals surface area contributed by atoms with Gasteiger partial charge in [-0.1, -0.05) is 35.6 Å². The number of rotatable bonds is 4. The number of hydrogen-bond acceptors (Lipinski definition) is 5. The number of piperidine rings is 1. The molecule has 1 amide bonds. The first-order chi connectivity index (χ1) is 13.8. The Kier molecular flexibility index (Phi) is 5.42. The van der Waals surface area contributed by atoms with Crippen LogP contribution in [-0.2, 0) is 14.8 Å². The third-order valence-corrected chi connectivity index (χ3v) is 7.99. The normalized spacial score (nSPS) is 18.1. The predicted octanol–water partition coefficient (Wildman–Crippen LogP) is 3.95. The van der Waals surface area contributed by atoms with Gasteiger partial charge in [0.15, 0.2) is 5.13 Å². The zero-order chi connectivity index (χ0) is 20.6. The fraction of sp³-hybridized carbons (Fsp3) is 0.333. The lowest BCUT2D eigenvalue weighted by Crippen LogP contribution is -2.43. The molecule has 1 aliphatic heterocycles. The van der Waals surface area contributed by atoms with Crippen LogP contribution in [0.15, 0.2) is 47.4 Å². The maximum atomic E-state index is 12.9. The van der Waals surface area contributed by atoms with Crippen LogP contribution in [0.3, 0.4) is 0 Å². The molecular weight excluding hydrogens is 406 g/mol. The Hall–Kier alpha value is -2.29. The van der Waals surface area contributed by atoms with E-state index < -0.39 is 15.9 Å². The largest absolute Gasteiger partial charge is 0.302 e. The first-order valence-electron chi connectivity index (χ1n) is 9.58. The Morgan fingerprint density at radius 1 is 1.21 bits per heavy atom. The van der Waals surface area contributed by atoms with E-state index in [-0.39, 0.29) is 17.3 Å². The third-order valence-electron chi connectivity index (χ3n) is 5.20. The van der Waals surface area contributed by atoms with Gasteiger partial charge in [-0.15, -0.1) is 0 Å². The molecule has 0 saturated carbocycles. The number of benzene rings is 2. The first kappa shape index (κ1) is 20.0. The summed E-state index contributed by atoms with van der Waals surface area (Å²) in [5.41, 5.74) is 3.13. The van der Waals surface area contributed by atoms with Gasteiger partial charge in [-0.05, 0) is 56.0 Å². The second-order valence-electron chi connectivity index (χ2n) is 7.45. The third kappa shape index (κ3) is 4.05. The number of sulfonamides is 1. The molecule has 8 heteroatoms. The van der Waals surface area contributed by atoms with Crippen LogP contribution in [0, 0.1) is 19.8 Å². The molecular formula is C21H23N3O3S2. The average Bonchev–Trinajstić information content (AvgIpc) is 3.11. The van der Waals surface area contributed by atoms with Crippen molar-refractivity contribution in [3.8, 4) is 0 Å². The molecule has 0 radical (unpaired) electrons. The minimum atomic E-state index is -3.59. The highest BCUT2D eigenvalue weighted by Gasteiger charge is 2.33. The van der Waals surface area contributed by atoms with Gasteiger partial charge in [0.2, 0.25) is 15.9 Å². The number of aryl methyl sites for hydroxylation is 2. The van der Waals surface area contributed by atoms with E-state index in [0.717, 1.165) is 21.3 Å². The highest BCUT2D eigenvalue weighted by Crippen LogP contribution is 2.30. The standard InChI is InChI=1S/C21H23N3O3S2/c1-14-11-15(2)19-18(12-14)28-21(22-19)23-20(25)16-7-6-10-24(13-16)29(26,27)17-8-4-3-5-9-17/h3-5,8-9,11-12,16H,6-7,10,13H2,1-2H3,(H,22,23,25). The first-order valence-corrected chi connectivity index (χ1v) is 11.8. The molecule has 6 nitrogen and oxygen atoms in total. The number of thiazole rings is 1. The Bertz CT molecular complexity index is 1160. The van der Waals surface area contributed by atoms with Crippen LogP contribution >= 0.6 is 11.3 Å². The van der Waals surface area contributed by atoms with E-state index in [4.69, 9.17) is 0 Å². The molecule has 3 aromatic rings. The number of carbonyl (C=O) groups is 1. The van der Waals surface area contributed by atoms with Crippen molar-refractivity contribution < 1.29 is 13.2 Å². The molecule has 1 fully saturated rings. The van der Waals surface area contributed by atoms with Gasteiger partial charge in [-0.25, -0.2) is 13.4 Å². The van der Waals surface area contributed by atoms with Crippen molar-refractivity contribution in [1.29, 1.82) is 0 Å². The average molecular weight is 430 g/mol. The van der Waals surface area contributed by atoms with Gasteiger partial charge >= 0.3 is 0 Å². The molecule has 1 saturated heterocycles. The van der Waals surface area contributed by atoms with Crippen molar-refractivity contribution in [2.24, 2.45) is 5.92 Å². The Morgan fingerprint density at radius 3 is 2.72 bits per heavy atom. The van der Waals surface area contributed by atoms with Crippen LogP contribution in [0.2, 0.25) is 0 Å². The summed E-state index contributed by atoms with van der Waals surface area (Å²) >= 11 is 1.45. The maximum Gasteiger partial charge on any atom is 0.243 e. The van der Waals surface area contributed by atoms with Gasteiger partial charge in [0, 0.05) is 13.1 Å². The van der Waals surface area contributed by atoms with Crippen LogP contribution < -0.4 is 5.32 Å². The number of carbonyl (C=O) groups excluding carboxylic acids is 1. The van der Waals surface area contributed by atoms with E-state index in [2.05, 4.69) is 22.4 Å². The lowest BCUT2D eigenvalue weighted by molar-refractivity contribution is -0.120. The van der Waals surface area contributed by atoms with E-state index in [1.165, 1.54) is 15.6 Å². The summed E-state index contributed by atoms with van der Waals surface area (Å²) in [7, 11) is -3.59. The highest BCUT2D eigenvalue weighted by molar-refractivity contribution is 7.89. The highest BCUT2D eigenvalue weighted by atomic mass is 32.2. The Balaban J connectivity index is 1.50. The molecule has 4 rings (SSSR count). The van der Waals surface area contributed by atoms with Crippen molar-refractivity contribution in [2.75, 3.05) is 18.4 Å². The number of aromatic nitrogens is 1. The van der Waals surface area contributed by atoms with E-state index in [1.807, 2.05) is 13.8 Å². The fourth-order valence-corrected chi connectivity index (χ4v) is 6.34. The molecule has 1 N–H and O–H groups in total. The van der Waals surface area contributed by atoms with Gasteiger partial charge in [0.1, 0.15) is 0 Å². The SMILES string of the molecule is Cc1cc(C)c2nc(NC(=O)C3CCCN(S(=O)(=O)c4ccccc4)C3)sc2c1. The predicted molar refractivity (Wildman–Crippen MR) is 116 cm³/mol. The molecule has 0 spiro atoms. The van der Waals surface area contributed by atoms with Crippen LogP contribution in [0.4, 0.5) is 5.13 Å². The van der Waals surface area contributed by atoms with Crippen molar-refractivity contribution in [1.82, 2.24) is 9.29 Å². The summed E-state index contributed by atoms with van der Waals surface area (Å²) in [5.74, 6) is -0.566. The van der Waals surface area contributed by atoms with Crippen molar-refractivity contribution >= 4 is 42.6 Å². The molecule has 1 aromatic heterocycles.